The van der Waals surface area contributed by atoms with Crippen LogP contribution >= 0.6 is 0 Å². The van der Waals surface area contributed by atoms with E-state index in [4.69, 9.17) is 0 Å². The van der Waals surface area contributed by atoms with Gasteiger partial charge in [-0.25, -0.2) is 0 Å². The van der Waals surface area contributed by atoms with E-state index in [-0.39, 0.29) is 22.4 Å². The minimum atomic E-state index is -0.379. The van der Waals surface area contributed by atoms with Crippen molar-refractivity contribution < 1.29 is 14.6 Å². The highest BCUT2D eigenvalue weighted by atomic mass is 16.6. The molecule has 0 saturated carbocycles. The van der Waals surface area contributed by atoms with Crippen LogP contribution in [-0.4, -0.2) is 41.9 Å². The molecule has 6 nitrogen and oxygen atoms in total. The minimum absolute atomic E-state index is 0.108. The molecule has 1 aliphatic heterocycles. The number of nitro groups is 1. The van der Waals surface area contributed by atoms with E-state index < -0.39 is 0 Å². The molecule has 1 fully saturated rings. The lowest BCUT2D eigenvalue weighted by Gasteiger charge is -2.32. The Labute approximate surface area is 137 Å². The van der Waals surface area contributed by atoms with E-state index in [0.717, 1.165) is 51.1 Å². The number of likely N-dealkylation sites (tertiary alicyclic amines) is 1. The van der Waals surface area contributed by atoms with E-state index in [2.05, 4.69) is 0 Å². The maximum atomic E-state index is 12.5. The predicted octanol–water partition coefficient (Wildman–Crippen LogP) is 1.26. The molecule has 1 saturated heterocycles. The van der Waals surface area contributed by atoms with Gasteiger partial charge in [-0.15, -0.1) is 0 Å². The second-order valence-electron chi connectivity index (χ2n) is 6.15. The average Bonchev–Trinajstić information content (AvgIpc) is 2.56. The lowest BCUT2D eigenvalue weighted by molar-refractivity contribution is -0.921. The first-order valence-corrected chi connectivity index (χ1v) is 8.40. The second kappa shape index (κ2) is 8.06. The number of hydrogen-bond donors (Lipinski definition) is 1. The highest BCUT2D eigenvalue weighted by Crippen LogP contribution is 2.14. The minimum Gasteiger partial charge on any atom is -0.343 e. The molecular weight excluding hydrogens is 294 g/mol. The molecule has 1 amide bonds. The summed E-state index contributed by atoms with van der Waals surface area (Å²) in [6, 6.07) is 6.75. The Kier molecular flexibility index (Phi) is 6.10. The first-order chi connectivity index (χ1) is 11.0. The number of piperidine rings is 1. The first kappa shape index (κ1) is 17.4. The monoisotopic (exact) mass is 320 g/mol. The van der Waals surface area contributed by atoms with Crippen molar-refractivity contribution in [3.63, 3.8) is 0 Å². The van der Waals surface area contributed by atoms with Crippen LogP contribution in [0.15, 0.2) is 24.3 Å². The number of hydrogen-bond acceptors (Lipinski definition) is 3. The number of nitro benzene ring substituents is 1. The number of rotatable bonds is 6. The van der Waals surface area contributed by atoms with E-state index in [1.54, 1.807) is 12.1 Å². The summed E-state index contributed by atoms with van der Waals surface area (Å²) < 4.78 is 0. The molecule has 0 aromatic heterocycles. The van der Waals surface area contributed by atoms with Gasteiger partial charge in [-0.05, 0) is 38.8 Å². The van der Waals surface area contributed by atoms with Crippen LogP contribution in [0.1, 0.15) is 32.3 Å². The zero-order valence-corrected chi connectivity index (χ0v) is 14.0. The van der Waals surface area contributed by atoms with Gasteiger partial charge in [0.1, 0.15) is 6.54 Å². The van der Waals surface area contributed by atoms with Gasteiger partial charge >= 0.3 is 0 Å². The molecule has 0 radical (unpaired) electrons. The van der Waals surface area contributed by atoms with Crippen molar-refractivity contribution >= 4 is 11.6 Å². The Bertz CT molecular complexity index is 541. The number of carbonyl (C=O) groups is 1. The summed E-state index contributed by atoms with van der Waals surface area (Å²) in [6.07, 6.45) is 2.03. The number of nitrogens with one attached hydrogen (secondary N) is 1. The number of amides is 1. The number of non-ortho nitro benzene ring substituents is 1. The van der Waals surface area contributed by atoms with Crippen LogP contribution in [0, 0.1) is 16.0 Å². The smallest absolute Gasteiger partial charge is 0.269 e. The molecule has 1 heterocycles. The van der Waals surface area contributed by atoms with Crippen LogP contribution in [0.25, 0.3) is 0 Å². The summed E-state index contributed by atoms with van der Waals surface area (Å²) in [5, 5.41) is 10.7. The van der Waals surface area contributed by atoms with Crippen molar-refractivity contribution in [1.82, 2.24) is 4.90 Å². The van der Waals surface area contributed by atoms with Gasteiger partial charge in [0.2, 0.25) is 5.91 Å². The Morgan fingerprint density at radius 3 is 2.52 bits per heavy atom. The SMILES string of the molecule is CCN(CC)C(=O)[C@@H]1CCC[NH+](Cc2ccc([N+](=O)[O-])cc2)C1. The quantitative estimate of drug-likeness (QED) is 0.634. The molecule has 1 aromatic carbocycles. The van der Waals surface area contributed by atoms with Gasteiger partial charge in [-0.1, -0.05) is 0 Å². The molecule has 23 heavy (non-hydrogen) atoms. The van der Waals surface area contributed by atoms with Crippen LogP contribution in [0.3, 0.4) is 0 Å². The third kappa shape index (κ3) is 4.51. The fraction of sp³-hybridized carbons (Fsp3) is 0.588. The number of carbonyl (C=O) groups excluding carboxylic acids is 1. The molecule has 1 aromatic rings. The van der Waals surface area contributed by atoms with Crippen molar-refractivity contribution in [3.8, 4) is 0 Å². The summed E-state index contributed by atoms with van der Waals surface area (Å²) >= 11 is 0. The second-order valence-corrected chi connectivity index (χ2v) is 6.15. The topological polar surface area (TPSA) is 67.9 Å². The van der Waals surface area contributed by atoms with Crippen molar-refractivity contribution in [2.45, 2.75) is 33.2 Å². The van der Waals surface area contributed by atoms with Gasteiger partial charge in [-0.3, -0.25) is 14.9 Å². The molecule has 0 spiro atoms. The lowest BCUT2D eigenvalue weighted by Crippen LogP contribution is -3.12. The van der Waals surface area contributed by atoms with Gasteiger partial charge in [0.25, 0.3) is 5.69 Å². The Morgan fingerprint density at radius 1 is 1.30 bits per heavy atom. The van der Waals surface area contributed by atoms with Crippen molar-refractivity contribution in [2.24, 2.45) is 5.92 Å². The summed E-state index contributed by atoms with van der Waals surface area (Å²) in [4.78, 5) is 26.1. The van der Waals surface area contributed by atoms with Crippen LogP contribution in [-0.2, 0) is 11.3 Å². The van der Waals surface area contributed by atoms with Gasteiger partial charge in [0.15, 0.2) is 0 Å². The third-order valence-electron chi connectivity index (χ3n) is 4.64. The van der Waals surface area contributed by atoms with Gasteiger partial charge < -0.3 is 9.80 Å². The molecular formula is C17H26N3O3+. The summed E-state index contributed by atoms with van der Waals surface area (Å²) in [7, 11) is 0. The molecule has 0 bridgehead atoms. The molecule has 2 atom stereocenters. The summed E-state index contributed by atoms with van der Waals surface area (Å²) in [5.74, 6) is 0.382. The van der Waals surface area contributed by atoms with Crippen LogP contribution in [0.4, 0.5) is 5.69 Å². The molecule has 2 rings (SSSR count). The van der Waals surface area contributed by atoms with Crippen LogP contribution in [0.5, 0.6) is 0 Å². The lowest BCUT2D eigenvalue weighted by atomic mass is 9.96. The van der Waals surface area contributed by atoms with E-state index in [1.165, 1.54) is 4.90 Å². The maximum absolute atomic E-state index is 12.5. The first-order valence-electron chi connectivity index (χ1n) is 8.40. The summed E-state index contributed by atoms with van der Waals surface area (Å²) in [5.41, 5.74) is 1.21. The molecule has 1 N–H and O–H groups in total. The largest absolute Gasteiger partial charge is 0.343 e. The number of nitrogens with zero attached hydrogens (tertiary/aromatic N) is 2. The molecule has 1 unspecified atom stereocenters. The van der Waals surface area contributed by atoms with Gasteiger partial charge in [-0.2, -0.15) is 0 Å². The molecule has 6 heteroatoms. The average molecular weight is 320 g/mol. The van der Waals surface area contributed by atoms with Crippen LogP contribution in [0.2, 0.25) is 0 Å². The van der Waals surface area contributed by atoms with Crippen molar-refractivity contribution in [3.05, 3.63) is 39.9 Å². The van der Waals surface area contributed by atoms with E-state index in [0.29, 0.717) is 0 Å². The van der Waals surface area contributed by atoms with Crippen LogP contribution < -0.4 is 4.90 Å². The van der Waals surface area contributed by atoms with Crippen molar-refractivity contribution in [2.75, 3.05) is 26.2 Å². The predicted molar refractivity (Wildman–Crippen MR) is 88.1 cm³/mol. The van der Waals surface area contributed by atoms with Gasteiger partial charge in [0.05, 0.1) is 23.9 Å². The van der Waals surface area contributed by atoms with E-state index >= 15 is 0 Å². The summed E-state index contributed by atoms with van der Waals surface area (Å²) in [6.45, 7) is 8.30. The third-order valence-corrected chi connectivity index (χ3v) is 4.64. The normalized spacial score (nSPS) is 21.0. The van der Waals surface area contributed by atoms with Crippen molar-refractivity contribution in [1.29, 1.82) is 0 Å². The fourth-order valence-electron chi connectivity index (χ4n) is 3.34. The Hall–Kier alpha value is -1.95. The standard InChI is InChI=1S/C17H25N3O3/c1-3-19(4-2)17(21)15-6-5-11-18(13-15)12-14-7-9-16(10-8-14)20(22)23/h7-10,15H,3-6,11-13H2,1-2H3/p+1/t15-/m1/s1. The molecule has 0 aliphatic carbocycles. The number of quaternary nitrogens is 1. The molecule has 126 valence electrons. The maximum Gasteiger partial charge on any atom is 0.269 e. The fourth-order valence-corrected chi connectivity index (χ4v) is 3.34. The highest BCUT2D eigenvalue weighted by Gasteiger charge is 2.30. The van der Waals surface area contributed by atoms with Gasteiger partial charge in [0, 0.05) is 30.8 Å². The zero-order valence-electron chi connectivity index (χ0n) is 14.0. The highest BCUT2D eigenvalue weighted by molar-refractivity contribution is 5.78. The van der Waals surface area contributed by atoms with E-state index in [9.17, 15) is 14.9 Å². The van der Waals surface area contributed by atoms with E-state index in [1.807, 2.05) is 30.9 Å². The Balaban J connectivity index is 1.95. The zero-order chi connectivity index (χ0) is 16.8. The Morgan fingerprint density at radius 2 is 1.96 bits per heavy atom. The number of benzene rings is 1. The molecule has 1 aliphatic rings.